The van der Waals surface area contributed by atoms with Crippen LogP contribution in [-0.2, 0) is 6.42 Å². The van der Waals surface area contributed by atoms with Crippen LogP contribution in [0.25, 0.3) is 0 Å². The molecule has 1 nitrogen and oxygen atoms in total. The largest absolute Gasteiger partial charge is 0.307 e. The van der Waals surface area contributed by atoms with Crippen LogP contribution in [0.4, 0.5) is 0 Å². The van der Waals surface area contributed by atoms with Gasteiger partial charge in [-0.2, -0.15) is 0 Å². The first-order chi connectivity index (χ1) is 9.26. The van der Waals surface area contributed by atoms with Crippen LogP contribution < -0.4 is 5.32 Å². The van der Waals surface area contributed by atoms with Crippen molar-refractivity contribution in [1.82, 2.24) is 5.32 Å². The summed E-state index contributed by atoms with van der Waals surface area (Å²) >= 11 is 6.07. The lowest BCUT2D eigenvalue weighted by atomic mass is 9.84. The fourth-order valence-corrected chi connectivity index (χ4v) is 3.98. The summed E-state index contributed by atoms with van der Waals surface area (Å²) in [5.41, 5.74) is 2.94. The molecule has 0 bridgehead atoms. The lowest BCUT2D eigenvalue weighted by molar-refractivity contribution is 0.269. The quantitative estimate of drug-likeness (QED) is 0.830. The number of benzene rings is 1. The molecule has 3 rings (SSSR count). The van der Waals surface area contributed by atoms with Crippen molar-refractivity contribution in [3.63, 3.8) is 0 Å². The highest BCUT2D eigenvalue weighted by molar-refractivity contribution is 6.30. The van der Waals surface area contributed by atoms with Crippen LogP contribution in [0.15, 0.2) is 18.2 Å². The standard InChI is InChI=1S/C17H24ClN/c1-2-12-3-7-15(8-4-12)19-17-10-5-13-11-14(18)6-9-16(13)17/h6,9,11-12,15,17,19H,2-5,7-8,10H2,1H3. The highest BCUT2D eigenvalue weighted by Gasteiger charge is 2.27. The van der Waals surface area contributed by atoms with Gasteiger partial charge in [-0.15, -0.1) is 0 Å². The normalized spacial score (nSPS) is 30.3. The van der Waals surface area contributed by atoms with Crippen molar-refractivity contribution in [3.05, 3.63) is 34.3 Å². The Balaban J connectivity index is 1.61. The van der Waals surface area contributed by atoms with E-state index in [4.69, 9.17) is 11.6 Å². The lowest BCUT2D eigenvalue weighted by Gasteiger charge is -2.31. The minimum atomic E-state index is 0.565. The van der Waals surface area contributed by atoms with E-state index in [1.807, 2.05) is 6.07 Å². The van der Waals surface area contributed by atoms with Crippen LogP contribution in [0.2, 0.25) is 5.02 Å². The molecular formula is C17H24ClN. The molecule has 0 aliphatic heterocycles. The highest BCUT2D eigenvalue weighted by atomic mass is 35.5. The number of nitrogens with one attached hydrogen (secondary N) is 1. The molecule has 1 atom stereocenters. The molecule has 0 heterocycles. The second kappa shape index (κ2) is 5.85. The SMILES string of the molecule is CCC1CCC(NC2CCc3cc(Cl)ccc32)CC1. The van der Waals surface area contributed by atoms with Crippen molar-refractivity contribution in [2.75, 3.05) is 0 Å². The van der Waals surface area contributed by atoms with E-state index in [0.29, 0.717) is 6.04 Å². The van der Waals surface area contributed by atoms with E-state index in [0.717, 1.165) is 17.0 Å². The van der Waals surface area contributed by atoms with Gasteiger partial charge in [0.25, 0.3) is 0 Å². The number of halogens is 1. The van der Waals surface area contributed by atoms with E-state index in [2.05, 4.69) is 24.4 Å². The van der Waals surface area contributed by atoms with Crippen molar-refractivity contribution >= 4 is 11.6 Å². The predicted molar refractivity (Wildman–Crippen MR) is 81.7 cm³/mol. The average molecular weight is 278 g/mol. The van der Waals surface area contributed by atoms with Crippen LogP contribution in [0.3, 0.4) is 0 Å². The Morgan fingerprint density at radius 2 is 1.95 bits per heavy atom. The number of hydrogen-bond donors (Lipinski definition) is 1. The number of fused-ring (bicyclic) bond motifs is 1. The first-order valence-corrected chi connectivity index (χ1v) is 8.18. The summed E-state index contributed by atoms with van der Waals surface area (Å²) in [5, 5.41) is 4.77. The minimum absolute atomic E-state index is 0.565. The summed E-state index contributed by atoms with van der Waals surface area (Å²) in [7, 11) is 0. The molecule has 1 fully saturated rings. The second-order valence-corrected chi connectivity index (χ2v) is 6.66. The molecular weight excluding hydrogens is 254 g/mol. The zero-order valence-electron chi connectivity index (χ0n) is 11.8. The maximum Gasteiger partial charge on any atom is 0.0408 e. The molecule has 104 valence electrons. The molecule has 1 unspecified atom stereocenters. The van der Waals surface area contributed by atoms with Gasteiger partial charge in [0, 0.05) is 17.1 Å². The third-order valence-corrected chi connectivity index (χ3v) is 5.28. The van der Waals surface area contributed by atoms with Crippen LogP contribution in [0.1, 0.15) is 62.6 Å². The Kier molecular flexibility index (Phi) is 4.14. The predicted octanol–water partition coefficient (Wildman–Crippen LogP) is 4.89. The zero-order chi connectivity index (χ0) is 13.2. The maximum atomic E-state index is 6.07. The van der Waals surface area contributed by atoms with Gasteiger partial charge in [-0.3, -0.25) is 0 Å². The summed E-state index contributed by atoms with van der Waals surface area (Å²) in [5.74, 6) is 0.979. The van der Waals surface area contributed by atoms with E-state index in [9.17, 15) is 0 Å². The van der Waals surface area contributed by atoms with E-state index in [1.54, 1.807) is 0 Å². The van der Waals surface area contributed by atoms with Gasteiger partial charge in [0.2, 0.25) is 0 Å². The molecule has 1 saturated carbocycles. The van der Waals surface area contributed by atoms with Gasteiger partial charge in [-0.1, -0.05) is 31.0 Å². The third-order valence-electron chi connectivity index (χ3n) is 5.04. The molecule has 0 aromatic heterocycles. The van der Waals surface area contributed by atoms with Crippen molar-refractivity contribution in [1.29, 1.82) is 0 Å². The number of aryl methyl sites for hydroxylation is 1. The van der Waals surface area contributed by atoms with Gasteiger partial charge in [0.15, 0.2) is 0 Å². The lowest BCUT2D eigenvalue weighted by Crippen LogP contribution is -2.35. The topological polar surface area (TPSA) is 12.0 Å². The van der Waals surface area contributed by atoms with Gasteiger partial charge >= 0.3 is 0 Å². The Bertz CT molecular complexity index is 435. The van der Waals surface area contributed by atoms with Gasteiger partial charge in [-0.25, -0.2) is 0 Å². The monoisotopic (exact) mass is 277 g/mol. The molecule has 1 aromatic rings. The molecule has 2 aliphatic carbocycles. The molecule has 0 spiro atoms. The van der Waals surface area contributed by atoms with Gasteiger partial charge in [0.05, 0.1) is 0 Å². The smallest absolute Gasteiger partial charge is 0.0408 e. The Morgan fingerprint density at radius 1 is 1.16 bits per heavy atom. The molecule has 2 aliphatic rings. The van der Waals surface area contributed by atoms with Crippen LogP contribution in [0, 0.1) is 5.92 Å². The van der Waals surface area contributed by atoms with Crippen molar-refractivity contribution in [2.24, 2.45) is 5.92 Å². The first-order valence-electron chi connectivity index (χ1n) is 7.80. The number of rotatable bonds is 3. The van der Waals surface area contributed by atoms with Crippen molar-refractivity contribution in [2.45, 2.75) is 64.0 Å². The molecule has 2 heteroatoms. The van der Waals surface area contributed by atoms with Crippen LogP contribution in [0.5, 0.6) is 0 Å². The minimum Gasteiger partial charge on any atom is -0.307 e. The third kappa shape index (κ3) is 2.98. The zero-order valence-corrected chi connectivity index (χ0v) is 12.5. The molecule has 1 aromatic carbocycles. The Labute approximate surface area is 121 Å². The summed E-state index contributed by atoms with van der Waals surface area (Å²) in [6, 6.07) is 7.70. The molecule has 0 amide bonds. The van der Waals surface area contributed by atoms with Gasteiger partial charge in [0.1, 0.15) is 0 Å². The van der Waals surface area contributed by atoms with Crippen molar-refractivity contribution < 1.29 is 0 Å². The average Bonchev–Trinajstić information content (AvgIpc) is 2.82. The van der Waals surface area contributed by atoms with E-state index >= 15 is 0 Å². The van der Waals surface area contributed by atoms with Gasteiger partial charge < -0.3 is 5.32 Å². The summed E-state index contributed by atoms with van der Waals surface area (Å²) in [6.07, 6.45) is 9.32. The molecule has 0 saturated heterocycles. The van der Waals surface area contributed by atoms with Crippen molar-refractivity contribution in [3.8, 4) is 0 Å². The fourth-order valence-electron chi connectivity index (χ4n) is 3.78. The summed E-state index contributed by atoms with van der Waals surface area (Å²) in [4.78, 5) is 0. The van der Waals surface area contributed by atoms with Crippen LogP contribution >= 0.6 is 11.6 Å². The van der Waals surface area contributed by atoms with Gasteiger partial charge in [-0.05, 0) is 67.7 Å². The Hall–Kier alpha value is -0.530. The first kappa shape index (κ1) is 13.5. The molecule has 1 N–H and O–H groups in total. The highest BCUT2D eigenvalue weighted by Crippen LogP contribution is 2.35. The Morgan fingerprint density at radius 3 is 2.68 bits per heavy atom. The second-order valence-electron chi connectivity index (χ2n) is 6.23. The summed E-state index contributed by atoms with van der Waals surface area (Å²) in [6.45, 7) is 2.33. The number of hydrogen-bond acceptors (Lipinski definition) is 1. The fraction of sp³-hybridized carbons (Fsp3) is 0.647. The van der Waals surface area contributed by atoms with E-state index in [-0.39, 0.29) is 0 Å². The van der Waals surface area contributed by atoms with E-state index < -0.39 is 0 Å². The molecule has 0 radical (unpaired) electrons. The van der Waals surface area contributed by atoms with Crippen LogP contribution in [-0.4, -0.2) is 6.04 Å². The summed E-state index contributed by atoms with van der Waals surface area (Å²) < 4.78 is 0. The molecule has 19 heavy (non-hydrogen) atoms. The maximum absolute atomic E-state index is 6.07. The van der Waals surface area contributed by atoms with E-state index in [1.165, 1.54) is 56.1 Å².